The molecule has 1 spiro atoms. The highest BCUT2D eigenvalue weighted by molar-refractivity contribution is 6.43. The van der Waals surface area contributed by atoms with Crippen LogP contribution >= 0.6 is 11.6 Å². The van der Waals surface area contributed by atoms with Crippen molar-refractivity contribution in [3.8, 4) is 0 Å². The minimum absolute atomic E-state index is 0.205. The summed E-state index contributed by atoms with van der Waals surface area (Å²) in [5.74, 6) is 5.13. The van der Waals surface area contributed by atoms with Crippen LogP contribution < -0.4 is 0 Å². The highest BCUT2D eigenvalue weighted by Crippen LogP contribution is 2.79. The second-order valence-corrected chi connectivity index (χ2v) is 10.6. The van der Waals surface area contributed by atoms with Crippen molar-refractivity contribution in [1.82, 2.24) is 0 Å². The van der Waals surface area contributed by atoms with E-state index >= 15 is 0 Å². The van der Waals surface area contributed by atoms with Crippen LogP contribution in [0.5, 0.6) is 0 Å². The lowest BCUT2D eigenvalue weighted by atomic mass is 9.47. The van der Waals surface area contributed by atoms with Gasteiger partial charge in [-0.15, -0.1) is 0 Å². The van der Waals surface area contributed by atoms with Gasteiger partial charge in [-0.25, -0.2) is 0 Å². The zero-order valence-corrected chi connectivity index (χ0v) is 16.7. The van der Waals surface area contributed by atoms with E-state index in [-0.39, 0.29) is 11.4 Å². The second kappa shape index (κ2) is 5.38. The van der Waals surface area contributed by atoms with E-state index in [1.54, 1.807) is 0 Å². The molecule has 0 aromatic heterocycles. The molecule has 1 saturated heterocycles. The van der Waals surface area contributed by atoms with Crippen LogP contribution in [-0.4, -0.2) is 18.0 Å². The maximum absolute atomic E-state index is 12.1. The molecule has 26 heavy (non-hydrogen) atoms. The molecule has 0 aromatic carbocycles. The van der Waals surface area contributed by atoms with Crippen molar-refractivity contribution in [2.45, 2.75) is 76.7 Å². The quantitative estimate of drug-likeness (QED) is 0.606. The number of halogens is 1. The van der Waals surface area contributed by atoms with Crippen LogP contribution in [0.25, 0.3) is 0 Å². The summed E-state index contributed by atoms with van der Waals surface area (Å²) in [6.07, 6.45) is 12.1. The van der Waals surface area contributed by atoms with Gasteiger partial charge < -0.3 is 4.74 Å². The van der Waals surface area contributed by atoms with Crippen molar-refractivity contribution < 1.29 is 9.53 Å². The molecule has 6 rings (SSSR count). The maximum atomic E-state index is 12.1. The normalized spacial score (nSPS) is 54.8. The lowest BCUT2D eigenvalue weighted by molar-refractivity contribution is -0.158. The van der Waals surface area contributed by atoms with Crippen molar-refractivity contribution in [3.05, 3.63) is 10.6 Å². The van der Waals surface area contributed by atoms with Crippen molar-refractivity contribution in [3.63, 3.8) is 0 Å². The molecule has 3 heteroatoms. The minimum Gasteiger partial charge on any atom is -0.374 e. The molecule has 4 saturated carbocycles. The van der Waals surface area contributed by atoms with Gasteiger partial charge >= 0.3 is 0 Å². The van der Waals surface area contributed by atoms with Gasteiger partial charge in [-0.1, -0.05) is 18.5 Å². The number of ketones is 1. The SMILES string of the molecule is CC[C@]12CCC3C(CCC4=C(Cl)C(=O)CC[C@@H]43)C1[C@@H]1C[C@@H]1[C@@]21CCCO1. The van der Waals surface area contributed by atoms with Crippen LogP contribution in [0.15, 0.2) is 10.6 Å². The summed E-state index contributed by atoms with van der Waals surface area (Å²) in [6, 6.07) is 0. The Hall–Kier alpha value is -0.340. The fraction of sp³-hybridized carbons (Fsp3) is 0.870. The third kappa shape index (κ3) is 1.78. The van der Waals surface area contributed by atoms with Crippen molar-refractivity contribution in [1.29, 1.82) is 0 Å². The Balaban J connectivity index is 1.39. The van der Waals surface area contributed by atoms with E-state index in [1.807, 2.05) is 0 Å². The Bertz CT molecular complexity index is 690. The molecule has 0 bridgehead atoms. The molecular formula is C23H31ClO2. The summed E-state index contributed by atoms with van der Waals surface area (Å²) < 4.78 is 6.66. The summed E-state index contributed by atoms with van der Waals surface area (Å²) in [5, 5.41) is 0.623. The van der Waals surface area contributed by atoms with Gasteiger partial charge in [-0.05, 0) is 98.9 Å². The molecule has 5 fully saturated rings. The molecule has 1 aliphatic heterocycles. The molecular weight excluding hydrogens is 344 g/mol. The number of hydrogen-bond donors (Lipinski definition) is 0. The molecule has 142 valence electrons. The number of carbonyl (C=O) groups excluding carboxylic acids is 1. The van der Waals surface area contributed by atoms with Gasteiger partial charge in [0, 0.05) is 18.4 Å². The zero-order chi connectivity index (χ0) is 17.7. The lowest BCUT2D eigenvalue weighted by Crippen LogP contribution is -2.56. The van der Waals surface area contributed by atoms with Crippen LogP contribution in [0.1, 0.15) is 71.1 Å². The lowest BCUT2D eigenvalue weighted by Gasteiger charge is -2.59. The van der Waals surface area contributed by atoms with Crippen molar-refractivity contribution in [2.24, 2.45) is 40.9 Å². The van der Waals surface area contributed by atoms with E-state index in [9.17, 15) is 4.79 Å². The Labute approximate surface area is 162 Å². The van der Waals surface area contributed by atoms with E-state index < -0.39 is 0 Å². The molecule has 8 atom stereocenters. The van der Waals surface area contributed by atoms with Crippen LogP contribution in [0.4, 0.5) is 0 Å². The van der Waals surface area contributed by atoms with Gasteiger partial charge in [-0.3, -0.25) is 4.79 Å². The number of rotatable bonds is 1. The Morgan fingerprint density at radius 3 is 2.77 bits per heavy atom. The average molecular weight is 375 g/mol. The molecule has 1 heterocycles. The average Bonchev–Trinajstić information content (AvgIpc) is 3.23. The van der Waals surface area contributed by atoms with E-state index in [0.29, 0.717) is 22.8 Å². The van der Waals surface area contributed by atoms with Crippen LogP contribution in [-0.2, 0) is 9.53 Å². The summed E-state index contributed by atoms with van der Waals surface area (Å²) >= 11 is 6.48. The molecule has 3 unspecified atom stereocenters. The summed E-state index contributed by atoms with van der Waals surface area (Å²) in [6.45, 7) is 3.45. The maximum Gasteiger partial charge on any atom is 0.174 e. The number of carbonyl (C=O) groups is 1. The molecule has 5 aliphatic carbocycles. The summed E-state index contributed by atoms with van der Waals surface area (Å²) in [7, 11) is 0. The predicted octanol–water partition coefficient (Wildman–Crippen LogP) is 5.49. The van der Waals surface area contributed by atoms with Crippen molar-refractivity contribution in [2.75, 3.05) is 6.61 Å². The standard InChI is InChI=1S/C23H31ClO2/c1-2-22-10-8-14-13-6-7-19(25)21(24)16(13)5-4-15(14)20(22)17-12-18(17)23(22)9-3-11-26-23/h13-15,17-18,20H,2-12H2,1H3/t13-,14?,15?,17-,18+,20?,22+,23+/m1/s1. The summed E-state index contributed by atoms with van der Waals surface area (Å²) in [5.41, 5.74) is 2.02. The second-order valence-electron chi connectivity index (χ2n) is 10.2. The monoisotopic (exact) mass is 374 g/mol. The first-order chi connectivity index (χ1) is 12.6. The smallest absolute Gasteiger partial charge is 0.174 e. The number of hydrogen-bond acceptors (Lipinski definition) is 2. The number of Topliss-reactive ketones (excluding diaryl/α,β-unsaturated/α-hetero) is 1. The van der Waals surface area contributed by atoms with E-state index in [1.165, 1.54) is 50.5 Å². The van der Waals surface area contributed by atoms with Gasteiger partial charge in [-0.2, -0.15) is 0 Å². The van der Waals surface area contributed by atoms with Gasteiger partial charge in [0.2, 0.25) is 0 Å². The van der Waals surface area contributed by atoms with Crippen molar-refractivity contribution >= 4 is 17.4 Å². The van der Waals surface area contributed by atoms with Crippen LogP contribution in [0, 0.1) is 40.9 Å². The molecule has 0 aromatic rings. The minimum atomic E-state index is 0.205. The highest BCUT2D eigenvalue weighted by Gasteiger charge is 2.77. The zero-order valence-electron chi connectivity index (χ0n) is 15.9. The number of ether oxygens (including phenoxy) is 1. The van der Waals surface area contributed by atoms with E-state index in [2.05, 4.69) is 6.92 Å². The topological polar surface area (TPSA) is 26.3 Å². The molecule has 0 radical (unpaired) electrons. The first-order valence-electron chi connectivity index (χ1n) is 11.2. The van der Waals surface area contributed by atoms with E-state index in [4.69, 9.17) is 16.3 Å². The predicted molar refractivity (Wildman–Crippen MR) is 102 cm³/mol. The molecule has 0 N–H and O–H groups in total. The van der Waals surface area contributed by atoms with Crippen LogP contribution in [0.3, 0.4) is 0 Å². The number of fused-ring (bicyclic) bond motifs is 9. The largest absolute Gasteiger partial charge is 0.374 e. The molecule has 6 aliphatic rings. The van der Waals surface area contributed by atoms with Gasteiger partial charge in [0.1, 0.15) is 0 Å². The van der Waals surface area contributed by atoms with Gasteiger partial charge in [0.05, 0.1) is 10.6 Å². The van der Waals surface area contributed by atoms with Gasteiger partial charge in [0.15, 0.2) is 5.78 Å². The Morgan fingerprint density at radius 1 is 1.12 bits per heavy atom. The van der Waals surface area contributed by atoms with Crippen LogP contribution in [0.2, 0.25) is 0 Å². The fourth-order valence-electron chi connectivity index (χ4n) is 9.17. The number of allylic oxidation sites excluding steroid dienone is 1. The van der Waals surface area contributed by atoms with E-state index in [0.717, 1.165) is 49.0 Å². The van der Waals surface area contributed by atoms with Gasteiger partial charge in [0.25, 0.3) is 0 Å². The third-order valence-electron chi connectivity index (χ3n) is 9.92. The Morgan fingerprint density at radius 2 is 2.00 bits per heavy atom. The first-order valence-corrected chi connectivity index (χ1v) is 11.6. The Kier molecular flexibility index (Phi) is 3.43. The highest BCUT2D eigenvalue weighted by atomic mass is 35.5. The molecule has 2 nitrogen and oxygen atoms in total. The first kappa shape index (κ1) is 16.6. The third-order valence-corrected chi connectivity index (χ3v) is 10.4. The fourth-order valence-corrected chi connectivity index (χ4v) is 9.50. The molecule has 0 amide bonds. The summed E-state index contributed by atoms with van der Waals surface area (Å²) in [4.78, 5) is 12.1.